The molecule has 4 rings (SSSR count). The molecule has 2 unspecified atom stereocenters. The van der Waals surface area contributed by atoms with E-state index in [0.717, 1.165) is 19.4 Å². The van der Waals surface area contributed by atoms with Gasteiger partial charge in [0.1, 0.15) is 30.2 Å². The Balaban J connectivity index is 1.44. The van der Waals surface area contributed by atoms with Gasteiger partial charge in [-0.2, -0.15) is 0 Å². The van der Waals surface area contributed by atoms with Crippen LogP contribution in [0.15, 0.2) is 31.4 Å². The third-order valence-corrected chi connectivity index (χ3v) is 4.83. The fourth-order valence-corrected chi connectivity index (χ4v) is 3.36. The maximum Gasteiger partial charge on any atom is 0.167 e. The predicted octanol–water partition coefficient (Wildman–Crippen LogP) is -0.279. The summed E-state index contributed by atoms with van der Waals surface area (Å²) in [6, 6.07) is 0. The second-order valence-electron chi connectivity index (χ2n) is 6.66. The van der Waals surface area contributed by atoms with Gasteiger partial charge in [-0.1, -0.05) is 0 Å². The Morgan fingerprint density at radius 2 is 2.11 bits per heavy atom. The minimum absolute atomic E-state index is 0.262. The van der Waals surface area contributed by atoms with Crippen molar-refractivity contribution in [2.24, 2.45) is 0 Å². The van der Waals surface area contributed by atoms with E-state index in [-0.39, 0.29) is 12.4 Å². The normalized spacial score (nSPS) is 24.9. The third-order valence-electron chi connectivity index (χ3n) is 4.83. The molecule has 150 valence electrons. The zero-order chi connectivity index (χ0) is 19.5. The summed E-state index contributed by atoms with van der Waals surface area (Å²) >= 11 is 0. The lowest BCUT2D eigenvalue weighted by molar-refractivity contribution is -0.0711. The number of unbranched alkanes of at least 4 members (excludes halogenated alkanes) is 1. The summed E-state index contributed by atoms with van der Waals surface area (Å²) in [5.41, 5.74) is 6.78. The first kappa shape index (κ1) is 18.7. The molecule has 1 fully saturated rings. The van der Waals surface area contributed by atoms with Crippen molar-refractivity contribution in [2.75, 3.05) is 18.9 Å². The van der Waals surface area contributed by atoms with Gasteiger partial charge in [0.15, 0.2) is 17.7 Å². The monoisotopic (exact) mass is 389 g/mol. The van der Waals surface area contributed by atoms with E-state index in [9.17, 15) is 10.2 Å². The smallest absolute Gasteiger partial charge is 0.167 e. The number of fused-ring (bicyclic) bond motifs is 1. The highest BCUT2D eigenvalue weighted by Gasteiger charge is 2.45. The van der Waals surface area contributed by atoms with Gasteiger partial charge in [0.2, 0.25) is 0 Å². The van der Waals surface area contributed by atoms with Crippen LogP contribution in [-0.2, 0) is 16.0 Å². The molecule has 11 heteroatoms. The largest absolute Gasteiger partial charge is 0.394 e. The number of imidazole rings is 2. The van der Waals surface area contributed by atoms with Crippen LogP contribution in [0.1, 0.15) is 19.1 Å². The molecule has 1 aliphatic heterocycles. The van der Waals surface area contributed by atoms with Crippen LogP contribution in [0.25, 0.3) is 11.2 Å². The SMILES string of the molecule is Nc1ncnc2c1ncn2[C@@H]1O[C@H](CO)C(O)C1OCCCCn1ccnc1. The van der Waals surface area contributed by atoms with Gasteiger partial charge in [0.05, 0.1) is 19.3 Å². The molecule has 1 aliphatic rings. The molecule has 4 N–H and O–H groups in total. The minimum atomic E-state index is -0.972. The first-order valence-corrected chi connectivity index (χ1v) is 9.13. The topological polar surface area (TPSA) is 146 Å². The van der Waals surface area contributed by atoms with E-state index in [2.05, 4.69) is 19.9 Å². The van der Waals surface area contributed by atoms with Crippen molar-refractivity contribution in [3.05, 3.63) is 31.4 Å². The van der Waals surface area contributed by atoms with Crippen LogP contribution in [0.3, 0.4) is 0 Å². The molecule has 4 heterocycles. The van der Waals surface area contributed by atoms with Crippen LogP contribution >= 0.6 is 0 Å². The van der Waals surface area contributed by atoms with Gasteiger partial charge in [-0.25, -0.2) is 19.9 Å². The summed E-state index contributed by atoms with van der Waals surface area (Å²) in [6.45, 7) is 0.970. The van der Waals surface area contributed by atoms with Gasteiger partial charge in [0.25, 0.3) is 0 Å². The zero-order valence-corrected chi connectivity index (χ0v) is 15.2. The second-order valence-corrected chi connectivity index (χ2v) is 6.66. The number of hydrogen-bond donors (Lipinski definition) is 3. The lowest BCUT2D eigenvalue weighted by Crippen LogP contribution is -2.35. The first-order chi connectivity index (χ1) is 13.7. The van der Waals surface area contributed by atoms with Crippen molar-refractivity contribution in [3.63, 3.8) is 0 Å². The Morgan fingerprint density at radius 3 is 2.89 bits per heavy atom. The predicted molar refractivity (Wildman–Crippen MR) is 97.9 cm³/mol. The lowest BCUT2D eigenvalue weighted by Gasteiger charge is -2.22. The number of nitrogen functional groups attached to an aromatic ring is 1. The molecule has 4 atom stereocenters. The molecular weight excluding hydrogens is 366 g/mol. The van der Waals surface area contributed by atoms with Crippen molar-refractivity contribution in [1.82, 2.24) is 29.1 Å². The number of nitrogens with two attached hydrogens (primary N) is 1. The fraction of sp³-hybridized carbons (Fsp3) is 0.529. The fourth-order valence-electron chi connectivity index (χ4n) is 3.36. The molecule has 0 amide bonds. The molecule has 0 aliphatic carbocycles. The zero-order valence-electron chi connectivity index (χ0n) is 15.2. The summed E-state index contributed by atoms with van der Waals surface area (Å²) in [4.78, 5) is 16.4. The van der Waals surface area contributed by atoms with Crippen LogP contribution in [0.5, 0.6) is 0 Å². The van der Waals surface area contributed by atoms with Crippen molar-refractivity contribution >= 4 is 17.0 Å². The number of hydrogen-bond acceptors (Lipinski definition) is 9. The number of aryl methyl sites for hydroxylation is 1. The van der Waals surface area contributed by atoms with Crippen LogP contribution in [0.2, 0.25) is 0 Å². The van der Waals surface area contributed by atoms with Crippen molar-refractivity contribution in [3.8, 4) is 0 Å². The van der Waals surface area contributed by atoms with Gasteiger partial charge in [-0.05, 0) is 12.8 Å². The first-order valence-electron chi connectivity index (χ1n) is 9.13. The Kier molecular flexibility index (Phi) is 5.48. The average Bonchev–Trinajstić information content (AvgIpc) is 3.42. The number of aromatic nitrogens is 6. The highest BCUT2D eigenvalue weighted by Crippen LogP contribution is 2.34. The summed E-state index contributed by atoms with van der Waals surface area (Å²) in [6.07, 6.45) is 6.94. The summed E-state index contributed by atoms with van der Waals surface area (Å²) in [5.74, 6) is 0.262. The van der Waals surface area contributed by atoms with Crippen molar-refractivity contribution in [1.29, 1.82) is 0 Å². The Labute approximate surface area is 160 Å². The number of anilines is 1. The van der Waals surface area contributed by atoms with Crippen LogP contribution in [0.4, 0.5) is 5.82 Å². The summed E-state index contributed by atoms with van der Waals surface area (Å²) < 4.78 is 15.4. The maximum atomic E-state index is 10.5. The summed E-state index contributed by atoms with van der Waals surface area (Å²) in [5, 5.41) is 20.1. The third kappa shape index (κ3) is 3.56. The lowest BCUT2D eigenvalue weighted by atomic mass is 10.1. The van der Waals surface area contributed by atoms with E-state index in [1.165, 1.54) is 12.7 Å². The quantitative estimate of drug-likeness (QED) is 0.443. The number of aliphatic hydroxyl groups excluding tert-OH is 2. The van der Waals surface area contributed by atoms with E-state index in [1.807, 2.05) is 10.8 Å². The number of aliphatic hydroxyl groups is 2. The molecule has 1 saturated heterocycles. The molecule has 0 bridgehead atoms. The maximum absolute atomic E-state index is 10.5. The van der Waals surface area contributed by atoms with E-state index in [0.29, 0.717) is 17.8 Å². The number of nitrogens with zero attached hydrogens (tertiary/aromatic N) is 6. The van der Waals surface area contributed by atoms with E-state index >= 15 is 0 Å². The molecule has 11 nitrogen and oxygen atoms in total. The van der Waals surface area contributed by atoms with Gasteiger partial charge in [-0.3, -0.25) is 4.57 Å². The van der Waals surface area contributed by atoms with Gasteiger partial charge >= 0.3 is 0 Å². The van der Waals surface area contributed by atoms with E-state index in [1.54, 1.807) is 17.1 Å². The molecule has 0 aromatic carbocycles. The van der Waals surface area contributed by atoms with Crippen molar-refractivity contribution < 1.29 is 19.7 Å². The number of rotatable bonds is 8. The molecule has 0 saturated carbocycles. The van der Waals surface area contributed by atoms with Gasteiger partial charge in [0, 0.05) is 25.5 Å². The van der Waals surface area contributed by atoms with E-state index in [4.69, 9.17) is 15.2 Å². The molecule has 3 aromatic heterocycles. The van der Waals surface area contributed by atoms with Gasteiger partial charge in [-0.15, -0.1) is 0 Å². The Bertz CT molecular complexity index is 900. The number of ether oxygens (including phenoxy) is 2. The highest BCUT2D eigenvalue weighted by molar-refractivity contribution is 5.81. The molecular formula is C17H23N7O4. The van der Waals surface area contributed by atoms with Crippen molar-refractivity contribution in [2.45, 2.75) is 43.9 Å². The molecule has 28 heavy (non-hydrogen) atoms. The Hall–Kier alpha value is -2.60. The van der Waals surface area contributed by atoms with Crippen LogP contribution < -0.4 is 5.73 Å². The summed E-state index contributed by atoms with van der Waals surface area (Å²) in [7, 11) is 0. The molecule has 0 spiro atoms. The minimum Gasteiger partial charge on any atom is -0.394 e. The van der Waals surface area contributed by atoms with Crippen LogP contribution in [-0.4, -0.2) is 70.8 Å². The van der Waals surface area contributed by atoms with Gasteiger partial charge < -0.3 is 30.0 Å². The standard InChI is InChI=1S/C17H23N7O4/c18-15-12-16(21-8-20-15)24(10-22-12)17-14(13(26)11(7-25)28-17)27-6-2-1-4-23-5-3-19-9-23/h3,5,8-11,13-14,17,25-26H,1-2,4,6-7H2,(H2,18,20,21)/t11-,13?,14?,17-/m1/s1. The Morgan fingerprint density at radius 1 is 1.21 bits per heavy atom. The highest BCUT2D eigenvalue weighted by atomic mass is 16.6. The van der Waals surface area contributed by atoms with Crippen LogP contribution in [0, 0.1) is 0 Å². The molecule has 3 aromatic rings. The van der Waals surface area contributed by atoms with E-state index < -0.39 is 24.5 Å². The molecule has 0 radical (unpaired) electrons. The average molecular weight is 389 g/mol. The second kappa shape index (κ2) is 8.19.